The van der Waals surface area contributed by atoms with Crippen LogP contribution in [-0.2, 0) is 26.1 Å². The third kappa shape index (κ3) is 6.41. The van der Waals surface area contributed by atoms with Gasteiger partial charge in [-0.1, -0.05) is 12.1 Å². The summed E-state index contributed by atoms with van der Waals surface area (Å²) in [5.41, 5.74) is 3.82. The fraction of sp³-hybridized carbons (Fsp3) is 0.286. The number of aromatic carboxylic acids is 1. The average Bonchev–Trinajstić information content (AvgIpc) is 3.25. The zero-order valence-electron chi connectivity index (χ0n) is 16.3. The van der Waals surface area contributed by atoms with Gasteiger partial charge in [0.2, 0.25) is 0 Å². The van der Waals surface area contributed by atoms with Crippen LogP contribution in [0.3, 0.4) is 0 Å². The minimum Gasteiger partial charge on any atom is -0.497 e. The molecule has 0 aliphatic carbocycles. The second-order valence-corrected chi connectivity index (χ2v) is 6.61. The second kappa shape index (κ2) is 10.4. The normalized spacial score (nSPS) is 10.8. The Morgan fingerprint density at radius 2 is 1.90 bits per heavy atom. The molecule has 8 heteroatoms. The quantitative estimate of drug-likeness (QED) is 0.368. The third-order valence-electron chi connectivity index (χ3n) is 4.41. The predicted molar refractivity (Wildman–Crippen MR) is 109 cm³/mol. The van der Waals surface area contributed by atoms with Crippen molar-refractivity contribution in [3.63, 3.8) is 0 Å². The molecular weight excluding hydrogens is 370 g/mol. The molecule has 152 valence electrons. The molecule has 3 rings (SSSR count). The molecule has 3 aromatic rings. The van der Waals surface area contributed by atoms with Crippen molar-refractivity contribution in [2.75, 3.05) is 13.7 Å². The van der Waals surface area contributed by atoms with Gasteiger partial charge in [-0.15, -0.1) is 0 Å². The summed E-state index contributed by atoms with van der Waals surface area (Å²) in [5.74, 6) is -0.209. The fourth-order valence-corrected chi connectivity index (χ4v) is 2.91. The topological polar surface area (TPSA) is 112 Å². The fourth-order valence-electron chi connectivity index (χ4n) is 2.91. The molecule has 0 fully saturated rings. The number of carboxylic acids is 1. The summed E-state index contributed by atoms with van der Waals surface area (Å²) in [4.78, 5) is 22.7. The number of H-pyrrole nitrogens is 1. The molecule has 0 saturated heterocycles. The van der Waals surface area contributed by atoms with E-state index in [0.717, 1.165) is 35.5 Å². The summed E-state index contributed by atoms with van der Waals surface area (Å²) in [7, 11) is 1.64. The van der Waals surface area contributed by atoms with Crippen LogP contribution in [0.25, 0.3) is 0 Å². The number of carbonyl (C=O) groups is 1. The highest BCUT2D eigenvalue weighted by Crippen LogP contribution is 2.12. The number of hydrogen-bond donors (Lipinski definition) is 4. The summed E-state index contributed by atoms with van der Waals surface area (Å²) < 4.78 is 5.16. The van der Waals surface area contributed by atoms with E-state index in [1.165, 1.54) is 0 Å². The first-order valence-corrected chi connectivity index (χ1v) is 9.39. The molecule has 0 unspecified atom stereocenters. The van der Waals surface area contributed by atoms with E-state index >= 15 is 0 Å². The van der Waals surface area contributed by atoms with Crippen molar-refractivity contribution in [3.05, 3.63) is 77.1 Å². The van der Waals surface area contributed by atoms with Gasteiger partial charge in [-0.3, -0.25) is 0 Å². The standard InChI is InChI=1S/C21H25N5O3/c1-29-19-4-2-15(3-5-19)10-23-11-16-8-18(26-20(9-16)21(27)28)13-22-7-6-17-12-24-14-25-17/h2-5,8-9,12,14,22-23H,6-7,10-11,13H2,1H3,(H,24,25)(H,27,28). The van der Waals surface area contributed by atoms with Crippen LogP contribution in [-0.4, -0.2) is 39.7 Å². The van der Waals surface area contributed by atoms with Crippen molar-refractivity contribution < 1.29 is 14.6 Å². The zero-order chi connectivity index (χ0) is 20.5. The van der Waals surface area contributed by atoms with Gasteiger partial charge >= 0.3 is 5.97 Å². The number of methoxy groups -OCH3 is 1. The van der Waals surface area contributed by atoms with Gasteiger partial charge in [0.05, 0.1) is 19.1 Å². The lowest BCUT2D eigenvalue weighted by Crippen LogP contribution is -2.19. The highest BCUT2D eigenvalue weighted by Gasteiger charge is 2.09. The molecule has 8 nitrogen and oxygen atoms in total. The van der Waals surface area contributed by atoms with Crippen LogP contribution in [0.15, 0.2) is 48.9 Å². The lowest BCUT2D eigenvalue weighted by Gasteiger charge is -2.10. The molecule has 0 bridgehead atoms. The van der Waals surface area contributed by atoms with E-state index in [2.05, 4.69) is 25.6 Å². The smallest absolute Gasteiger partial charge is 0.354 e. The van der Waals surface area contributed by atoms with Gasteiger partial charge in [0.25, 0.3) is 0 Å². The summed E-state index contributed by atoms with van der Waals surface area (Å²) >= 11 is 0. The number of aromatic amines is 1. The maximum absolute atomic E-state index is 11.4. The second-order valence-electron chi connectivity index (χ2n) is 6.61. The van der Waals surface area contributed by atoms with Gasteiger partial charge in [-0.05, 0) is 35.4 Å². The lowest BCUT2D eigenvalue weighted by atomic mass is 10.1. The van der Waals surface area contributed by atoms with Gasteiger partial charge < -0.3 is 25.5 Å². The van der Waals surface area contributed by atoms with Crippen molar-refractivity contribution >= 4 is 5.97 Å². The Balaban J connectivity index is 1.54. The average molecular weight is 395 g/mol. The number of carboxylic acid groups (broad SMARTS) is 1. The van der Waals surface area contributed by atoms with Gasteiger partial charge in [0.15, 0.2) is 0 Å². The number of hydrogen-bond acceptors (Lipinski definition) is 6. The maximum Gasteiger partial charge on any atom is 0.354 e. The van der Waals surface area contributed by atoms with Crippen molar-refractivity contribution in [2.45, 2.75) is 26.1 Å². The van der Waals surface area contributed by atoms with Crippen molar-refractivity contribution in [1.29, 1.82) is 0 Å². The first-order chi connectivity index (χ1) is 14.1. The number of aromatic nitrogens is 3. The van der Waals surface area contributed by atoms with Crippen molar-refractivity contribution in [3.8, 4) is 5.75 Å². The first-order valence-electron chi connectivity index (χ1n) is 9.39. The van der Waals surface area contributed by atoms with Crippen LogP contribution >= 0.6 is 0 Å². The van der Waals surface area contributed by atoms with E-state index in [9.17, 15) is 9.90 Å². The summed E-state index contributed by atoms with van der Waals surface area (Å²) in [6.45, 7) is 2.47. The molecule has 4 N–H and O–H groups in total. The van der Waals surface area contributed by atoms with Gasteiger partial charge in [-0.2, -0.15) is 0 Å². The lowest BCUT2D eigenvalue weighted by molar-refractivity contribution is 0.0690. The molecule has 0 amide bonds. The zero-order valence-corrected chi connectivity index (χ0v) is 16.3. The molecule has 29 heavy (non-hydrogen) atoms. The number of nitrogens with one attached hydrogen (secondary N) is 3. The molecule has 0 radical (unpaired) electrons. The molecule has 0 aliphatic rings. The Bertz CT molecular complexity index is 911. The number of benzene rings is 1. The Morgan fingerprint density at radius 1 is 1.10 bits per heavy atom. The van der Waals surface area contributed by atoms with E-state index < -0.39 is 5.97 Å². The monoisotopic (exact) mass is 395 g/mol. The van der Waals surface area contributed by atoms with Crippen molar-refractivity contribution in [2.24, 2.45) is 0 Å². The van der Waals surface area contributed by atoms with Crippen LogP contribution in [0.5, 0.6) is 5.75 Å². The summed E-state index contributed by atoms with van der Waals surface area (Å²) in [6, 6.07) is 11.4. The third-order valence-corrected chi connectivity index (χ3v) is 4.41. The van der Waals surface area contributed by atoms with Crippen LogP contribution < -0.4 is 15.4 Å². The highest BCUT2D eigenvalue weighted by molar-refractivity contribution is 5.85. The van der Waals surface area contributed by atoms with Crippen LogP contribution in [0.4, 0.5) is 0 Å². The van der Waals surface area contributed by atoms with E-state index in [0.29, 0.717) is 25.3 Å². The van der Waals surface area contributed by atoms with E-state index in [-0.39, 0.29) is 5.69 Å². The summed E-state index contributed by atoms with van der Waals surface area (Å²) in [5, 5.41) is 16.0. The molecule has 0 aliphatic heterocycles. The summed E-state index contributed by atoms with van der Waals surface area (Å²) in [6.07, 6.45) is 4.25. The van der Waals surface area contributed by atoms with Crippen LogP contribution in [0, 0.1) is 0 Å². The number of imidazole rings is 1. The van der Waals surface area contributed by atoms with E-state index in [1.54, 1.807) is 25.7 Å². The molecule has 1 aromatic carbocycles. The molecule has 2 heterocycles. The number of nitrogens with zero attached hydrogens (tertiary/aromatic N) is 2. The van der Waals surface area contributed by atoms with Crippen molar-refractivity contribution in [1.82, 2.24) is 25.6 Å². The highest BCUT2D eigenvalue weighted by atomic mass is 16.5. The Kier molecular flexibility index (Phi) is 7.32. The molecule has 0 saturated carbocycles. The number of rotatable bonds is 11. The van der Waals surface area contributed by atoms with E-state index in [4.69, 9.17) is 4.74 Å². The SMILES string of the molecule is COc1ccc(CNCc2cc(CNCCc3cnc[nH]3)nc(C(=O)O)c2)cc1. The first kappa shape index (κ1) is 20.5. The Labute approximate surface area is 169 Å². The van der Waals surface area contributed by atoms with E-state index in [1.807, 2.05) is 30.3 Å². The minimum atomic E-state index is -1.03. The number of pyridine rings is 1. The largest absolute Gasteiger partial charge is 0.497 e. The van der Waals surface area contributed by atoms with Gasteiger partial charge in [-0.25, -0.2) is 14.8 Å². The Hall–Kier alpha value is -3.23. The molecule has 0 spiro atoms. The minimum absolute atomic E-state index is 0.0547. The predicted octanol–water partition coefficient (Wildman–Crippen LogP) is 2.13. The maximum atomic E-state index is 11.4. The molecule has 2 aromatic heterocycles. The molecular formula is C21H25N5O3. The van der Waals surface area contributed by atoms with Gasteiger partial charge in [0.1, 0.15) is 11.4 Å². The Morgan fingerprint density at radius 3 is 2.59 bits per heavy atom. The van der Waals surface area contributed by atoms with Gasteiger partial charge in [0, 0.05) is 44.5 Å². The molecule has 0 atom stereocenters. The van der Waals surface area contributed by atoms with Crippen LogP contribution in [0.1, 0.15) is 33.0 Å². The van der Waals surface area contributed by atoms with Crippen LogP contribution in [0.2, 0.25) is 0 Å². The number of ether oxygens (including phenoxy) is 1.